The Hall–Kier alpha value is -0.690. The average molecular weight is 207 g/mol. The molecular weight excluding hydrogens is 190 g/mol. The molecule has 0 saturated carbocycles. The second-order valence-electron chi connectivity index (χ2n) is 3.06. The Bertz CT molecular complexity index is 183. The molecule has 0 atom stereocenters. The number of carbonyl (C=O) groups is 1. The van der Waals surface area contributed by atoms with Gasteiger partial charge in [0.15, 0.2) is 0 Å². The number of aliphatic hydroxyl groups excluding tert-OH is 1. The van der Waals surface area contributed by atoms with Gasteiger partial charge in [-0.15, -0.1) is 0 Å². The highest BCUT2D eigenvalue weighted by molar-refractivity contribution is 5.69. The van der Waals surface area contributed by atoms with Crippen molar-refractivity contribution in [2.45, 2.75) is 25.7 Å². The number of hydrogen-bond donors (Lipinski definition) is 4. The van der Waals surface area contributed by atoms with E-state index in [1.165, 1.54) is 0 Å². The Morgan fingerprint density at radius 1 is 1.43 bits per heavy atom. The van der Waals surface area contributed by atoms with Gasteiger partial charge in [0, 0.05) is 13.0 Å². The van der Waals surface area contributed by atoms with Crippen molar-refractivity contribution < 1.29 is 25.2 Å². The Morgan fingerprint density at radius 2 is 2.00 bits per heavy atom. The normalized spacial score (nSPS) is 12.1. The van der Waals surface area contributed by atoms with E-state index in [2.05, 4.69) is 0 Å². The Labute approximate surface area is 82.4 Å². The van der Waals surface area contributed by atoms with Crippen molar-refractivity contribution in [3.05, 3.63) is 0 Å². The number of aliphatic hydroxyl groups is 3. The molecule has 0 aromatic rings. The first-order valence-electron chi connectivity index (χ1n) is 4.46. The van der Waals surface area contributed by atoms with E-state index in [0.29, 0.717) is 6.42 Å². The van der Waals surface area contributed by atoms with E-state index in [4.69, 9.17) is 10.2 Å². The Balaban J connectivity index is 4.36. The van der Waals surface area contributed by atoms with E-state index in [1.807, 2.05) is 0 Å². The van der Waals surface area contributed by atoms with Crippen LogP contribution < -0.4 is 0 Å². The lowest BCUT2D eigenvalue weighted by molar-refractivity contribution is -0.269. The van der Waals surface area contributed by atoms with E-state index < -0.39 is 18.4 Å². The van der Waals surface area contributed by atoms with Gasteiger partial charge in [-0.05, 0) is 6.42 Å². The maximum absolute atomic E-state index is 10.4. The van der Waals surface area contributed by atoms with Gasteiger partial charge in [-0.1, -0.05) is 6.92 Å². The molecule has 0 saturated heterocycles. The van der Waals surface area contributed by atoms with Crippen molar-refractivity contribution in [3.8, 4) is 0 Å². The molecule has 0 aromatic heterocycles. The highest BCUT2D eigenvalue weighted by atomic mass is 16.5. The lowest BCUT2D eigenvalue weighted by Gasteiger charge is -2.33. The van der Waals surface area contributed by atoms with E-state index in [-0.39, 0.29) is 19.6 Å². The second kappa shape index (κ2) is 5.92. The molecule has 0 spiro atoms. The van der Waals surface area contributed by atoms with Gasteiger partial charge in [-0.25, -0.2) is 4.90 Å². The number of carboxylic acid groups (broad SMARTS) is 1. The largest absolute Gasteiger partial charge is 0.480 e. The molecule has 6 nitrogen and oxygen atoms in total. The third-order valence-corrected chi connectivity index (χ3v) is 1.79. The Kier molecular flexibility index (Phi) is 5.63. The standard InChI is InChI=1S/C8H17NO5/c1-2-3-8(13,14)9(4-5-10)6-7(11)12/h10,13-14H,2-6H2,1H3,(H,11,12). The van der Waals surface area contributed by atoms with Crippen LogP contribution in [-0.4, -0.2) is 56.9 Å². The zero-order valence-corrected chi connectivity index (χ0v) is 8.18. The van der Waals surface area contributed by atoms with Crippen molar-refractivity contribution >= 4 is 5.97 Å². The maximum Gasteiger partial charge on any atom is 0.317 e. The minimum Gasteiger partial charge on any atom is -0.480 e. The summed E-state index contributed by atoms with van der Waals surface area (Å²) in [5.41, 5.74) is 0. The van der Waals surface area contributed by atoms with Crippen LogP contribution in [0.1, 0.15) is 19.8 Å². The van der Waals surface area contributed by atoms with Crippen LogP contribution in [0, 0.1) is 0 Å². The molecule has 0 bridgehead atoms. The molecule has 0 aromatic carbocycles. The summed E-state index contributed by atoms with van der Waals surface area (Å²) in [4.78, 5) is 11.3. The summed E-state index contributed by atoms with van der Waals surface area (Å²) in [6.07, 6.45) is 0.550. The number of rotatable bonds is 7. The fraction of sp³-hybridized carbons (Fsp3) is 0.875. The minimum absolute atomic E-state index is 0.0419. The third kappa shape index (κ3) is 4.52. The molecule has 84 valence electrons. The number of hydrogen-bond acceptors (Lipinski definition) is 5. The summed E-state index contributed by atoms with van der Waals surface area (Å²) in [5, 5.41) is 36.0. The van der Waals surface area contributed by atoms with Crippen LogP contribution in [0.25, 0.3) is 0 Å². The van der Waals surface area contributed by atoms with Crippen LogP contribution in [-0.2, 0) is 4.79 Å². The third-order valence-electron chi connectivity index (χ3n) is 1.79. The van der Waals surface area contributed by atoms with E-state index in [0.717, 1.165) is 4.90 Å². The van der Waals surface area contributed by atoms with Crippen LogP contribution in [0.5, 0.6) is 0 Å². The van der Waals surface area contributed by atoms with Crippen LogP contribution in [0.15, 0.2) is 0 Å². The van der Waals surface area contributed by atoms with Crippen LogP contribution in [0.4, 0.5) is 0 Å². The van der Waals surface area contributed by atoms with Crippen molar-refractivity contribution in [2.24, 2.45) is 0 Å². The molecule has 14 heavy (non-hydrogen) atoms. The molecular formula is C8H17NO5. The van der Waals surface area contributed by atoms with Crippen LogP contribution in [0.3, 0.4) is 0 Å². The molecule has 0 rings (SSSR count). The summed E-state index contributed by atoms with van der Waals surface area (Å²) < 4.78 is 0. The first-order valence-corrected chi connectivity index (χ1v) is 4.46. The average Bonchev–Trinajstić information content (AvgIpc) is 2.02. The van der Waals surface area contributed by atoms with Gasteiger partial charge in [0.05, 0.1) is 6.61 Å². The van der Waals surface area contributed by atoms with Gasteiger partial charge in [0.25, 0.3) is 0 Å². The van der Waals surface area contributed by atoms with Crippen LogP contribution >= 0.6 is 0 Å². The molecule has 0 heterocycles. The molecule has 4 N–H and O–H groups in total. The van der Waals surface area contributed by atoms with E-state index in [9.17, 15) is 15.0 Å². The van der Waals surface area contributed by atoms with E-state index in [1.54, 1.807) is 6.92 Å². The zero-order chi connectivity index (χ0) is 11.2. The smallest absolute Gasteiger partial charge is 0.317 e. The molecule has 0 fully saturated rings. The molecule has 0 radical (unpaired) electrons. The van der Waals surface area contributed by atoms with Gasteiger partial charge in [-0.2, -0.15) is 0 Å². The van der Waals surface area contributed by atoms with Crippen molar-refractivity contribution in [3.63, 3.8) is 0 Å². The maximum atomic E-state index is 10.4. The highest BCUT2D eigenvalue weighted by Crippen LogP contribution is 2.14. The summed E-state index contributed by atoms with van der Waals surface area (Å²) in [5.74, 6) is -3.32. The molecule has 6 heteroatoms. The molecule has 0 aliphatic rings. The molecule has 0 aliphatic carbocycles. The lowest BCUT2D eigenvalue weighted by atomic mass is 10.2. The minimum atomic E-state index is -2.16. The quantitative estimate of drug-likeness (QED) is 0.391. The summed E-state index contributed by atoms with van der Waals surface area (Å²) in [7, 11) is 0. The van der Waals surface area contributed by atoms with Crippen molar-refractivity contribution in [1.82, 2.24) is 4.90 Å². The highest BCUT2D eigenvalue weighted by Gasteiger charge is 2.31. The number of aliphatic carboxylic acids is 1. The topological polar surface area (TPSA) is 101 Å². The van der Waals surface area contributed by atoms with Crippen molar-refractivity contribution in [2.75, 3.05) is 19.7 Å². The number of carboxylic acids is 1. The number of nitrogens with zero attached hydrogens (tertiary/aromatic N) is 1. The monoisotopic (exact) mass is 207 g/mol. The molecule has 0 amide bonds. The van der Waals surface area contributed by atoms with Gasteiger partial charge in [0.2, 0.25) is 5.91 Å². The van der Waals surface area contributed by atoms with Crippen molar-refractivity contribution in [1.29, 1.82) is 0 Å². The van der Waals surface area contributed by atoms with E-state index >= 15 is 0 Å². The SMILES string of the molecule is CCCC(O)(O)N(CCO)CC(=O)O. The first-order chi connectivity index (χ1) is 6.44. The molecule has 0 aliphatic heterocycles. The fourth-order valence-corrected chi connectivity index (χ4v) is 1.16. The predicted octanol–water partition coefficient (Wildman–Crippen LogP) is -1.20. The summed E-state index contributed by atoms with van der Waals surface area (Å²) >= 11 is 0. The first kappa shape index (κ1) is 13.3. The van der Waals surface area contributed by atoms with Crippen LogP contribution in [0.2, 0.25) is 0 Å². The summed E-state index contributed by atoms with van der Waals surface area (Å²) in [6.45, 7) is 0.839. The van der Waals surface area contributed by atoms with Gasteiger partial charge < -0.3 is 20.4 Å². The predicted molar refractivity (Wildman–Crippen MR) is 48.4 cm³/mol. The Morgan fingerprint density at radius 3 is 2.36 bits per heavy atom. The van der Waals surface area contributed by atoms with Gasteiger partial charge >= 0.3 is 5.97 Å². The lowest BCUT2D eigenvalue weighted by Crippen LogP contribution is -2.51. The summed E-state index contributed by atoms with van der Waals surface area (Å²) in [6, 6.07) is 0. The van der Waals surface area contributed by atoms with Gasteiger partial charge in [-0.3, -0.25) is 4.79 Å². The fourth-order valence-electron chi connectivity index (χ4n) is 1.16. The van der Waals surface area contributed by atoms with Gasteiger partial charge in [0.1, 0.15) is 6.54 Å². The zero-order valence-electron chi connectivity index (χ0n) is 8.18. The molecule has 0 unspecified atom stereocenters. The second-order valence-corrected chi connectivity index (χ2v) is 3.06.